The normalized spacial score (nSPS) is 14.8. The Hall–Kier alpha value is -2.34. The molecule has 1 aliphatic rings. The van der Waals surface area contributed by atoms with E-state index in [0.717, 1.165) is 36.6 Å². The molecule has 1 amide bonds. The average Bonchev–Trinajstić information content (AvgIpc) is 2.70. The van der Waals surface area contributed by atoms with E-state index >= 15 is 0 Å². The Morgan fingerprint density at radius 2 is 1.79 bits per heavy atom. The number of hydrogen-bond donors (Lipinski definition) is 1. The lowest BCUT2D eigenvalue weighted by Gasteiger charge is -2.22. The maximum Gasteiger partial charge on any atom is 0.251 e. The minimum absolute atomic E-state index is 0.0478. The number of amides is 1. The molecule has 0 bridgehead atoms. The third-order valence-corrected chi connectivity index (χ3v) is 6.98. The fourth-order valence-electron chi connectivity index (χ4n) is 3.96. The van der Waals surface area contributed by atoms with Crippen LogP contribution in [0.15, 0.2) is 36.4 Å². The summed E-state index contributed by atoms with van der Waals surface area (Å²) in [5.74, 6) is -0.147. The molecule has 1 atom stereocenters. The number of anilines is 1. The van der Waals surface area contributed by atoms with Gasteiger partial charge in [0.25, 0.3) is 5.91 Å². The van der Waals surface area contributed by atoms with E-state index in [1.807, 2.05) is 6.92 Å². The first-order chi connectivity index (χ1) is 13.7. The molecular weight excluding hydrogens is 384 g/mol. The maximum absolute atomic E-state index is 12.9. The molecule has 0 unspecified atom stereocenters. The van der Waals surface area contributed by atoms with E-state index < -0.39 is 10.0 Å². The second-order valence-corrected chi connectivity index (χ2v) is 9.92. The highest BCUT2D eigenvalue weighted by Gasteiger charge is 2.19. The van der Waals surface area contributed by atoms with Crippen molar-refractivity contribution >= 4 is 21.6 Å². The molecule has 2 aromatic rings. The van der Waals surface area contributed by atoms with Crippen molar-refractivity contribution in [2.24, 2.45) is 0 Å². The smallest absolute Gasteiger partial charge is 0.251 e. The minimum atomic E-state index is -3.35. The summed E-state index contributed by atoms with van der Waals surface area (Å²) >= 11 is 0. The lowest BCUT2D eigenvalue weighted by Crippen LogP contribution is -2.29. The van der Waals surface area contributed by atoms with Crippen LogP contribution in [-0.4, -0.2) is 27.6 Å². The van der Waals surface area contributed by atoms with Crippen LogP contribution in [-0.2, 0) is 22.9 Å². The van der Waals surface area contributed by atoms with Crippen molar-refractivity contribution in [2.75, 3.05) is 17.6 Å². The second-order valence-electron chi connectivity index (χ2n) is 7.90. The number of carbonyl (C=O) groups excluding carboxylic acids is 1. The Bertz CT molecular complexity index is 1010. The van der Waals surface area contributed by atoms with Gasteiger partial charge in [0.05, 0.1) is 18.0 Å². The predicted octanol–water partition coefficient (Wildman–Crippen LogP) is 4.15. The lowest BCUT2D eigenvalue weighted by molar-refractivity contribution is 0.0935. The van der Waals surface area contributed by atoms with Gasteiger partial charge >= 0.3 is 0 Å². The van der Waals surface area contributed by atoms with Crippen molar-refractivity contribution in [3.63, 3.8) is 0 Å². The number of nitrogens with zero attached hydrogens (tertiary/aromatic N) is 1. The number of fused-ring (bicyclic) bond motifs is 1. The number of aryl methyl sites for hydroxylation is 3. The van der Waals surface area contributed by atoms with Gasteiger partial charge in [-0.1, -0.05) is 25.1 Å². The van der Waals surface area contributed by atoms with Gasteiger partial charge < -0.3 is 5.32 Å². The molecule has 0 spiro atoms. The fourth-order valence-corrected chi connectivity index (χ4v) is 4.52. The van der Waals surface area contributed by atoms with Crippen LogP contribution in [0.4, 0.5) is 5.69 Å². The Kier molecular flexibility index (Phi) is 6.32. The quantitative estimate of drug-likeness (QED) is 0.772. The summed E-state index contributed by atoms with van der Waals surface area (Å²) in [7, 11) is -1.83. The van der Waals surface area contributed by atoms with E-state index in [9.17, 15) is 13.2 Å². The summed E-state index contributed by atoms with van der Waals surface area (Å²) in [6, 6.07) is 11.6. The molecule has 0 fully saturated rings. The molecule has 0 radical (unpaired) electrons. The highest BCUT2D eigenvalue weighted by atomic mass is 32.2. The number of hydrogen-bond acceptors (Lipinski definition) is 3. The third kappa shape index (κ3) is 4.81. The number of carbonyl (C=O) groups is 1. The SMILES string of the molecule is CC[C@@H](NC(=O)c1ccc(N(C)S(C)(=O)=O)c(C)c1)c1ccc2c(c1)CCCC2. The van der Waals surface area contributed by atoms with E-state index in [1.165, 1.54) is 35.3 Å². The number of rotatable bonds is 6. The van der Waals surface area contributed by atoms with Crippen LogP contribution in [0.25, 0.3) is 0 Å². The van der Waals surface area contributed by atoms with Gasteiger partial charge in [-0.05, 0) is 79.5 Å². The maximum atomic E-state index is 12.9. The van der Waals surface area contributed by atoms with Crippen LogP contribution < -0.4 is 9.62 Å². The largest absolute Gasteiger partial charge is 0.345 e. The van der Waals surface area contributed by atoms with Crippen molar-refractivity contribution in [1.29, 1.82) is 0 Å². The first kappa shape index (κ1) is 21.4. The Morgan fingerprint density at radius 3 is 2.41 bits per heavy atom. The van der Waals surface area contributed by atoms with Gasteiger partial charge in [-0.3, -0.25) is 9.10 Å². The Labute approximate surface area is 174 Å². The van der Waals surface area contributed by atoms with Gasteiger partial charge in [-0.25, -0.2) is 8.42 Å². The van der Waals surface area contributed by atoms with Crippen molar-refractivity contribution in [3.05, 3.63) is 64.2 Å². The standard InChI is InChI=1S/C23H30N2O3S/c1-5-21(19-11-10-17-8-6-7-9-18(17)15-19)24-23(26)20-12-13-22(16(2)14-20)25(3)29(4,27)28/h10-15,21H,5-9H2,1-4H3,(H,24,26)/t21-/m1/s1. The molecule has 0 heterocycles. The molecule has 0 saturated carbocycles. The Balaban J connectivity index is 1.79. The topological polar surface area (TPSA) is 66.5 Å². The minimum Gasteiger partial charge on any atom is -0.345 e. The van der Waals surface area contributed by atoms with Crippen molar-refractivity contribution in [1.82, 2.24) is 5.32 Å². The highest BCUT2D eigenvalue weighted by Crippen LogP contribution is 2.27. The zero-order chi connectivity index (χ0) is 21.2. The van der Waals surface area contributed by atoms with Crippen LogP contribution in [0, 0.1) is 6.92 Å². The van der Waals surface area contributed by atoms with E-state index in [2.05, 4.69) is 30.4 Å². The number of benzene rings is 2. The van der Waals surface area contributed by atoms with Crippen LogP contribution in [0.1, 0.15) is 64.8 Å². The number of nitrogens with one attached hydrogen (secondary N) is 1. The van der Waals surface area contributed by atoms with Crippen molar-refractivity contribution in [2.45, 2.75) is 52.0 Å². The molecule has 0 aliphatic heterocycles. The van der Waals surface area contributed by atoms with Gasteiger partial charge in [-0.15, -0.1) is 0 Å². The van der Waals surface area contributed by atoms with Crippen LogP contribution in [0.3, 0.4) is 0 Å². The zero-order valence-electron chi connectivity index (χ0n) is 17.7. The van der Waals surface area contributed by atoms with E-state index in [1.54, 1.807) is 18.2 Å². The molecule has 2 aromatic carbocycles. The van der Waals surface area contributed by atoms with E-state index in [0.29, 0.717) is 11.3 Å². The first-order valence-electron chi connectivity index (χ1n) is 10.2. The molecule has 0 aromatic heterocycles. The Morgan fingerprint density at radius 1 is 1.10 bits per heavy atom. The predicted molar refractivity (Wildman–Crippen MR) is 118 cm³/mol. The first-order valence-corrected chi connectivity index (χ1v) is 12.0. The zero-order valence-corrected chi connectivity index (χ0v) is 18.5. The fraction of sp³-hybridized carbons (Fsp3) is 0.435. The summed E-state index contributed by atoms with van der Waals surface area (Å²) in [5, 5.41) is 3.14. The molecule has 1 N–H and O–H groups in total. The van der Waals surface area contributed by atoms with Crippen LogP contribution >= 0.6 is 0 Å². The second kappa shape index (κ2) is 8.57. The average molecular weight is 415 g/mol. The molecule has 3 rings (SSSR count). The number of sulfonamides is 1. The van der Waals surface area contributed by atoms with Gasteiger partial charge in [0, 0.05) is 12.6 Å². The van der Waals surface area contributed by atoms with Crippen molar-refractivity contribution in [3.8, 4) is 0 Å². The monoisotopic (exact) mass is 414 g/mol. The lowest BCUT2D eigenvalue weighted by atomic mass is 9.88. The van der Waals surface area contributed by atoms with E-state index in [-0.39, 0.29) is 11.9 Å². The molecule has 156 valence electrons. The molecule has 29 heavy (non-hydrogen) atoms. The molecule has 1 aliphatic carbocycles. The van der Waals surface area contributed by atoms with Crippen LogP contribution in [0.5, 0.6) is 0 Å². The summed E-state index contributed by atoms with van der Waals surface area (Å²) in [6.07, 6.45) is 6.71. The van der Waals surface area contributed by atoms with Gasteiger partial charge in [0.2, 0.25) is 10.0 Å². The van der Waals surface area contributed by atoms with Gasteiger partial charge in [0.15, 0.2) is 0 Å². The molecule has 6 heteroatoms. The summed E-state index contributed by atoms with van der Waals surface area (Å²) in [6.45, 7) is 3.88. The van der Waals surface area contributed by atoms with E-state index in [4.69, 9.17) is 0 Å². The summed E-state index contributed by atoms with van der Waals surface area (Å²) in [5.41, 5.74) is 5.84. The summed E-state index contributed by atoms with van der Waals surface area (Å²) in [4.78, 5) is 12.9. The molecular formula is C23H30N2O3S. The van der Waals surface area contributed by atoms with Crippen LogP contribution in [0.2, 0.25) is 0 Å². The molecule has 0 saturated heterocycles. The molecule has 5 nitrogen and oxygen atoms in total. The summed E-state index contributed by atoms with van der Waals surface area (Å²) < 4.78 is 24.8. The van der Waals surface area contributed by atoms with Gasteiger partial charge in [-0.2, -0.15) is 0 Å². The van der Waals surface area contributed by atoms with Crippen molar-refractivity contribution < 1.29 is 13.2 Å². The van der Waals surface area contributed by atoms with Gasteiger partial charge in [0.1, 0.15) is 0 Å². The highest BCUT2D eigenvalue weighted by molar-refractivity contribution is 7.92. The third-order valence-electron chi connectivity index (χ3n) is 5.78.